The van der Waals surface area contributed by atoms with Crippen molar-refractivity contribution in [2.24, 2.45) is 0 Å². The smallest absolute Gasteiger partial charge is 0.268 e. The van der Waals surface area contributed by atoms with E-state index in [1.807, 2.05) is 0 Å². The number of non-ortho nitro benzene ring substituents is 1. The lowest BCUT2D eigenvalue weighted by Gasteiger charge is -2.10. The lowest BCUT2D eigenvalue weighted by molar-refractivity contribution is -0.384. The first-order valence-corrected chi connectivity index (χ1v) is 7.52. The van der Waals surface area contributed by atoms with Gasteiger partial charge in [0.05, 0.1) is 15.5 Å². The summed E-state index contributed by atoms with van der Waals surface area (Å²) in [6, 6.07) is 7.68. The van der Waals surface area contributed by atoms with Crippen molar-refractivity contribution in [3.8, 4) is 0 Å². The number of halogens is 4. The van der Waals surface area contributed by atoms with E-state index >= 15 is 0 Å². The number of nitro benzene ring substituents is 1. The van der Waals surface area contributed by atoms with E-state index < -0.39 is 28.5 Å². The number of nitro groups is 1. The van der Waals surface area contributed by atoms with Crippen molar-refractivity contribution in [2.75, 3.05) is 0 Å². The first-order chi connectivity index (χ1) is 12.1. The Morgan fingerprint density at radius 3 is 2.54 bits per heavy atom. The van der Waals surface area contributed by atoms with Crippen molar-refractivity contribution < 1.29 is 22.9 Å². The molecule has 1 heterocycles. The highest BCUT2D eigenvalue weighted by atomic mass is 35.5. The molecule has 0 unspecified atom stereocenters. The highest BCUT2D eigenvalue weighted by molar-refractivity contribution is 6.35. The number of rotatable bonds is 2. The highest BCUT2D eigenvalue weighted by Gasteiger charge is 2.40. The first-order valence-electron chi connectivity index (χ1n) is 7.14. The summed E-state index contributed by atoms with van der Waals surface area (Å²) >= 11 is 5.86. The van der Waals surface area contributed by atoms with Gasteiger partial charge in [0, 0.05) is 17.7 Å². The van der Waals surface area contributed by atoms with Crippen LogP contribution in [0, 0.1) is 17.0 Å². The van der Waals surface area contributed by atoms with Crippen molar-refractivity contribution in [3.05, 3.63) is 68.5 Å². The summed E-state index contributed by atoms with van der Waals surface area (Å²) in [5.74, 6) is -2.51. The van der Waals surface area contributed by atoms with Crippen LogP contribution in [0.1, 0.15) is 21.7 Å². The van der Waals surface area contributed by atoms with Crippen LogP contribution in [-0.4, -0.2) is 20.4 Å². The third-order valence-electron chi connectivity index (χ3n) is 3.63. The van der Waals surface area contributed by atoms with Crippen molar-refractivity contribution in [1.82, 2.24) is 9.55 Å². The molecule has 1 aromatic heterocycles. The summed E-state index contributed by atoms with van der Waals surface area (Å²) in [5.41, 5.74) is -0.627. The Morgan fingerprint density at radius 1 is 1.27 bits per heavy atom. The molecule has 0 fully saturated rings. The van der Waals surface area contributed by atoms with Gasteiger partial charge in [-0.25, -0.2) is 4.98 Å². The van der Waals surface area contributed by atoms with Gasteiger partial charge >= 0.3 is 6.18 Å². The summed E-state index contributed by atoms with van der Waals surface area (Å²) in [6.45, 7) is 1.68. The molecule has 26 heavy (non-hydrogen) atoms. The summed E-state index contributed by atoms with van der Waals surface area (Å²) < 4.78 is 40.6. The standard InChI is InChI=1S/C16H9ClF3N3O3/c1-8-3-2-4-9(5-8)14(24)22-12-7-10(23(25)26)6-11(17)13(12)21-15(22)16(18,19)20/h2-7H,1H3. The molecule has 0 saturated carbocycles. The van der Waals surface area contributed by atoms with E-state index in [0.717, 1.165) is 12.1 Å². The second-order valence-corrected chi connectivity index (χ2v) is 5.90. The van der Waals surface area contributed by atoms with E-state index in [9.17, 15) is 28.1 Å². The van der Waals surface area contributed by atoms with Crippen LogP contribution in [0.5, 0.6) is 0 Å². The molecule has 0 amide bonds. The van der Waals surface area contributed by atoms with Crippen LogP contribution in [0.2, 0.25) is 5.02 Å². The number of alkyl halides is 3. The fraction of sp³-hybridized carbons (Fsp3) is 0.125. The zero-order chi connectivity index (χ0) is 19.2. The van der Waals surface area contributed by atoms with Gasteiger partial charge in [-0.1, -0.05) is 29.3 Å². The topological polar surface area (TPSA) is 78.0 Å². The number of aromatic nitrogens is 2. The summed E-state index contributed by atoms with van der Waals surface area (Å²) in [6.07, 6.45) is -4.96. The molecule has 0 N–H and O–H groups in total. The van der Waals surface area contributed by atoms with E-state index in [0.29, 0.717) is 10.1 Å². The monoisotopic (exact) mass is 383 g/mol. The molecule has 0 bridgehead atoms. The van der Waals surface area contributed by atoms with Crippen molar-refractivity contribution in [2.45, 2.75) is 13.1 Å². The van der Waals surface area contributed by atoms with Gasteiger partial charge in [0.2, 0.25) is 5.82 Å². The number of benzene rings is 2. The molecule has 0 saturated heterocycles. The van der Waals surface area contributed by atoms with Crippen LogP contribution in [0.15, 0.2) is 36.4 Å². The van der Waals surface area contributed by atoms with Gasteiger partial charge in [-0.15, -0.1) is 0 Å². The molecule has 0 spiro atoms. The molecule has 0 radical (unpaired) electrons. The quantitative estimate of drug-likeness (QED) is 0.478. The van der Waals surface area contributed by atoms with Gasteiger partial charge in [0.15, 0.2) is 0 Å². The second kappa shape index (κ2) is 6.10. The van der Waals surface area contributed by atoms with Crippen LogP contribution in [-0.2, 0) is 6.18 Å². The molecule has 134 valence electrons. The Labute approximate surface area is 149 Å². The van der Waals surface area contributed by atoms with Gasteiger partial charge in [0.1, 0.15) is 5.52 Å². The van der Waals surface area contributed by atoms with Gasteiger partial charge in [-0.2, -0.15) is 13.2 Å². The van der Waals surface area contributed by atoms with Crippen molar-refractivity contribution in [3.63, 3.8) is 0 Å². The Morgan fingerprint density at radius 2 is 1.96 bits per heavy atom. The third-order valence-corrected chi connectivity index (χ3v) is 3.92. The maximum absolute atomic E-state index is 13.4. The number of hydrogen-bond acceptors (Lipinski definition) is 4. The Kier molecular flexibility index (Phi) is 4.19. The van der Waals surface area contributed by atoms with Gasteiger partial charge in [-0.3, -0.25) is 19.5 Å². The van der Waals surface area contributed by atoms with Crippen LogP contribution in [0.4, 0.5) is 18.9 Å². The minimum atomic E-state index is -4.96. The number of carbonyl (C=O) groups excluding carboxylic acids is 1. The molecular formula is C16H9ClF3N3O3. The SMILES string of the molecule is Cc1cccc(C(=O)n2c(C(F)(F)F)nc3c(Cl)cc([N+](=O)[O-])cc32)c1. The van der Waals surface area contributed by atoms with Gasteiger partial charge < -0.3 is 0 Å². The van der Waals surface area contributed by atoms with Crippen LogP contribution in [0.25, 0.3) is 11.0 Å². The largest absolute Gasteiger partial charge is 0.450 e. The van der Waals surface area contributed by atoms with E-state index in [4.69, 9.17) is 11.6 Å². The highest BCUT2D eigenvalue weighted by Crippen LogP contribution is 2.36. The van der Waals surface area contributed by atoms with Gasteiger partial charge in [0.25, 0.3) is 11.6 Å². The Hall–Kier alpha value is -2.94. The Bertz CT molecular complexity index is 1060. The van der Waals surface area contributed by atoms with E-state index in [1.165, 1.54) is 18.2 Å². The summed E-state index contributed by atoms with van der Waals surface area (Å²) in [5, 5.41) is 10.7. The lowest BCUT2D eigenvalue weighted by atomic mass is 10.1. The van der Waals surface area contributed by atoms with Crippen LogP contribution < -0.4 is 0 Å². The van der Waals surface area contributed by atoms with Crippen LogP contribution >= 0.6 is 11.6 Å². The number of carbonyl (C=O) groups is 1. The first kappa shape index (κ1) is 17.9. The molecule has 10 heteroatoms. The molecule has 0 aliphatic rings. The summed E-state index contributed by atoms with van der Waals surface area (Å²) in [7, 11) is 0. The zero-order valence-corrected chi connectivity index (χ0v) is 13.8. The average molecular weight is 384 g/mol. The minimum Gasteiger partial charge on any atom is -0.268 e. The van der Waals surface area contributed by atoms with Gasteiger partial charge in [-0.05, 0) is 19.1 Å². The summed E-state index contributed by atoms with van der Waals surface area (Å²) in [4.78, 5) is 26.4. The minimum absolute atomic E-state index is 0.0163. The van der Waals surface area contributed by atoms with Crippen LogP contribution in [0.3, 0.4) is 0 Å². The molecule has 6 nitrogen and oxygen atoms in total. The predicted molar refractivity (Wildman–Crippen MR) is 87.3 cm³/mol. The van der Waals surface area contributed by atoms with Crippen molar-refractivity contribution in [1.29, 1.82) is 0 Å². The number of nitrogens with zero attached hydrogens (tertiary/aromatic N) is 3. The number of hydrogen-bond donors (Lipinski definition) is 0. The van der Waals surface area contributed by atoms with E-state index in [-0.39, 0.29) is 21.6 Å². The molecule has 2 aromatic carbocycles. The Balaban J connectivity index is 2.37. The number of imidazole rings is 1. The molecule has 0 atom stereocenters. The molecule has 3 aromatic rings. The maximum Gasteiger partial charge on any atom is 0.450 e. The third kappa shape index (κ3) is 3.01. The zero-order valence-electron chi connectivity index (χ0n) is 13.0. The molecule has 0 aliphatic heterocycles. The maximum atomic E-state index is 13.4. The molecule has 0 aliphatic carbocycles. The van der Waals surface area contributed by atoms with E-state index in [1.54, 1.807) is 13.0 Å². The second-order valence-electron chi connectivity index (χ2n) is 5.50. The fourth-order valence-corrected chi connectivity index (χ4v) is 2.78. The molecule has 3 rings (SSSR count). The number of aryl methyl sites for hydroxylation is 1. The van der Waals surface area contributed by atoms with Crippen molar-refractivity contribution >= 4 is 34.2 Å². The fourth-order valence-electron chi connectivity index (χ4n) is 2.53. The predicted octanol–water partition coefficient (Wildman–Crippen LogP) is 4.61. The average Bonchev–Trinajstić information content (AvgIpc) is 2.94. The normalized spacial score (nSPS) is 11.7. The number of fused-ring (bicyclic) bond motifs is 1. The van der Waals surface area contributed by atoms with E-state index in [2.05, 4.69) is 4.98 Å². The molecular weight excluding hydrogens is 375 g/mol. The lowest BCUT2D eigenvalue weighted by Crippen LogP contribution is -2.21.